The summed E-state index contributed by atoms with van der Waals surface area (Å²) in [5, 5.41) is 2.92. The lowest BCUT2D eigenvalue weighted by molar-refractivity contribution is 0.102. The number of carbonyl (C=O) groups excluding carboxylic acids is 1. The number of rotatable bonds is 5. The average Bonchev–Trinajstić information content (AvgIpc) is 2.50. The molecule has 4 nitrogen and oxygen atoms in total. The van der Waals surface area contributed by atoms with Gasteiger partial charge >= 0.3 is 0 Å². The summed E-state index contributed by atoms with van der Waals surface area (Å²) in [5.74, 6) is 1.01. The SMILES string of the molecule is CCOc1ccc(C(=O)Nc2ccc(C)cc2C)cc1OC. The Morgan fingerprint density at radius 3 is 2.50 bits per heavy atom. The summed E-state index contributed by atoms with van der Waals surface area (Å²) in [7, 11) is 1.56. The van der Waals surface area contributed by atoms with Crippen molar-refractivity contribution in [2.24, 2.45) is 0 Å². The predicted octanol–water partition coefficient (Wildman–Crippen LogP) is 3.96. The summed E-state index contributed by atoms with van der Waals surface area (Å²) < 4.78 is 10.7. The zero-order chi connectivity index (χ0) is 16.1. The minimum Gasteiger partial charge on any atom is -0.493 e. The van der Waals surface area contributed by atoms with Crippen molar-refractivity contribution in [3.63, 3.8) is 0 Å². The molecule has 1 amide bonds. The van der Waals surface area contributed by atoms with Gasteiger partial charge in [-0.15, -0.1) is 0 Å². The number of benzene rings is 2. The molecule has 4 heteroatoms. The molecule has 0 bridgehead atoms. The lowest BCUT2D eigenvalue weighted by Crippen LogP contribution is -2.13. The molecule has 0 heterocycles. The fraction of sp³-hybridized carbons (Fsp3) is 0.278. The first-order valence-corrected chi connectivity index (χ1v) is 7.24. The summed E-state index contributed by atoms with van der Waals surface area (Å²) >= 11 is 0. The monoisotopic (exact) mass is 299 g/mol. The maximum Gasteiger partial charge on any atom is 0.255 e. The van der Waals surface area contributed by atoms with E-state index in [0.29, 0.717) is 23.7 Å². The molecule has 0 radical (unpaired) electrons. The van der Waals surface area contributed by atoms with E-state index in [2.05, 4.69) is 5.32 Å². The molecule has 0 aliphatic rings. The Balaban J connectivity index is 2.22. The van der Waals surface area contributed by atoms with Gasteiger partial charge < -0.3 is 14.8 Å². The lowest BCUT2D eigenvalue weighted by atomic mass is 10.1. The molecular formula is C18H21NO3. The maximum atomic E-state index is 12.4. The third-order valence-corrected chi connectivity index (χ3v) is 3.36. The normalized spacial score (nSPS) is 10.2. The smallest absolute Gasteiger partial charge is 0.255 e. The Hall–Kier alpha value is -2.49. The molecule has 0 saturated heterocycles. The number of methoxy groups -OCH3 is 1. The van der Waals surface area contributed by atoms with Crippen LogP contribution in [0, 0.1) is 13.8 Å². The molecule has 0 atom stereocenters. The van der Waals surface area contributed by atoms with Crippen LogP contribution in [-0.4, -0.2) is 19.6 Å². The van der Waals surface area contributed by atoms with Crippen LogP contribution in [0.25, 0.3) is 0 Å². The van der Waals surface area contributed by atoms with Crippen LogP contribution in [0.4, 0.5) is 5.69 Å². The molecule has 22 heavy (non-hydrogen) atoms. The summed E-state index contributed by atoms with van der Waals surface area (Å²) in [6.07, 6.45) is 0. The Kier molecular flexibility index (Phi) is 5.04. The first-order valence-electron chi connectivity index (χ1n) is 7.24. The number of anilines is 1. The first-order chi connectivity index (χ1) is 10.5. The molecule has 116 valence electrons. The first kappa shape index (κ1) is 15.9. The summed E-state index contributed by atoms with van der Waals surface area (Å²) in [4.78, 5) is 12.4. The molecular weight excluding hydrogens is 278 g/mol. The summed E-state index contributed by atoms with van der Waals surface area (Å²) in [5.41, 5.74) is 3.54. The van der Waals surface area contributed by atoms with Crippen molar-refractivity contribution < 1.29 is 14.3 Å². The molecule has 0 aromatic heterocycles. The maximum absolute atomic E-state index is 12.4. The second-order valence-electron chi connectivity index (χ2n) is 5.07. The quantitative estimate of drug-likeness (QED) is 0.909. The zero-order valence-corrected chi connectivity index (χ0v) is 13.4. The van der Waals surface area contributed by atoms with E-state index in [1.54, 1.807) is 25.3 Å². The molecule has 2 aromatic rings. The van der Waals surface area contributed by atoms with Crippen LogP contribution in [-0.2, 0) is 0 Å². The second-order valence-corrected chi connectivity index (χ2v) is 5.07. The van der Waals surface area contributed by atoms with Crippen molar-refractivity contribution in [3.8, 4) is 11.5 Å². The van der Waals surface area contributed by atoms with Crippen LogP contribution in [0.2, 0.25) is 0 Å². The van der Waals surface area contributed by atoms with Gasteiger partial charge in [-0.3, -0.25) is 4.79 Å². The van der Waals surface area contributed by atoms with E-state index in [4.69, 9.17) is 9.47 Å². The molecule has 2 aromatic carbocycles. The Bertz CT molecular complexity index is 680. The highest BCUT2D eigenvalue weighted by Gasteiger charge is 2.12. The molecule has 0 fully saturated rings. The van der Waals surface area contributed by atoms with Crippen LogP contribution in [0.15, 0.2) is 36.4 Å². The Labute approximate surface area is 131 Å². The van der Waals surface area contributed by atoms with Crippen LogP contribution >= 0.6 is 0 Å². The van der Waals surface area contributed by atoms with Crippen LogP contribution in [0.5, 0.6) is 11.5 Å². The highest BCUT2D eigenvalue weighted by Crippen LogP contribution is 2.28. The van der Waals surface area contributed by atoms with Gasteiger partial charge in [0.1, 0.15) is 0 Å². The molecule has 0 saturated carbocycles. The van der Waals surface area contributed by atoms with Gasteiger partial charge in [-0.2, -0.15) is 0 Å². The third-order valence-electron chi connectivity index (χ3n) is 3.36. The van der Waals surface area contributed by atoms with Crippen molar-refractivity contribution in [3.05, 3.63) is 53.1 Å². The van der Waals surface area contributed by atoms with Gasteiger partial charge in [0.15, 0.2) is 11.5 Å². The zero-order valence-electron chi connectivity index (χ0n) is 13.4. The van der Waals surface area contributed by atoms with E-state index in [9.17, 15) is 4.79 Å². The molecule has 0 unspecified atom stereocenters. The van der Waals surface area contributed by atoms with E-state index >= 15 is 0 Å². The van der Waals surface area contributed by atoms with Gasteiger partial charge in [0.2, 0.25) is 0 Å². The van der Waals surface area contributed by atoms with Gasteiger partial charge in [-0.1, -0.05) is 17.7 Å². The minimum absolute atomic E-state index is 0.173. The number of nitrogens with one attached hydrogen (secondary N) is 1. The van der Waals surface area contributed by atoms with E-state index in [0.717, 1.165) is 11.3 Å². The largest absolute Gasteiger partial charge is 0.493 e. The topological polar surface area (TPSA) is 47.6 Å². The number of amides is 1. The molecule has 0 aliphatic carbocycles. The van der Waals surface area contributed by atoms with E-state index in [1.807, 2.05) is 39.0 Å². The van der Waals surface area contributed by atoms with Crippen LogP contribution in [0.1, 0.15) is 28.4 Å². The van der Waals surface area contributed by atoms with Gasteiger partial charge in [0, 0.05) is 11.3 Å². The van der Waals surface area contributed by atoms with Crippen molar-refractivity contribution >= 4 is 11.6 Å². The number of hydrogen-bond acceptors (Lipinski definition) is 3. The van der Waals surface area contributed by atoms with Crippen molar-refractivity contribution in [2.45, 2.75) is 20.8 Å². The summed E-state index contributed by atoms with van der Waals surface area (Å²) in [6.45, 7) is 6.45. The molecule has 0 aliphatic heterocycles. The van der Waals surface area contributed by atoms with Crippen molar-refractivity contribution in [1.29, 1.82) is 0 Å². The molecule has 1 N–H and O–H groups in total. The number of aryl methyl sites for hydroxylation is 2. The van der Waals surface area contributed by atoms with Crippen LogP contribution < -0.4 is 14.8 Å². The highest BCUT2D eigenvalue weighted by atomic mass is 16.5. The molecule has 0 spiro atoms. The summed E-state index contributed by atoms with van der Waals surface area (Å²) in [6, 6.07) is 11.1. The fourth-order valence-corrected chi connectivity index (χ4v) is 2.23. The number of carbonyl (C=O) groups is 1. The van der Waals surface area contributed by atoms with E-state index in [1.165, 1.54) is 5.56 Å². The predicted molar refractivity (Wildman–Crippen MR) is 88.0 cm³/mol. The second kappa shape index (κ2) is 6.98. The van der Waals surface area contributed by atoms with E-state index in [-0.39, 0.29) is 5.91 Å². The number of hydrogen-bond donors (Lipinski definition) is 1. The highest BCUT2D eigenvalue weighted by molar-refractivity contribution is 6.05. The van der Waals surface area contributed by atoms with Gasteiger partial charge in [-0.25, -0.2) is 0 Å². The van der Waals surface area contributed by atoms with Crippen LogP contribution in [0.3, 0.4) is 0 Å². The average molecular weight is 299 g/mol. The third kappa shape index (κ3) is 3.58. The standard InChI is InChI=1S/C18H21NO3/c1-5-22-16-9-7-14(11-17(16)21-4)18(20)19-15-8-6-12(2)10-13(15)3/h6-11H,5H2,1-4H3,(H,19,20). The van der Waals surface area contributed by atoms with Gasteiger partial charge in [0.25, 0.3) is 5.91 Å². The van der Waals surface area contributed by atoms with Gasteiger partial charge in [-0.05, 0) is 50.6 Å². The lowest BCUT2D eigenvalue weighted by Gasteiger charge is -2.12. The van der Waals surface area contributed by atoms with Crippen molar-refractivity contribution in [2.75, 3.05) is 19.0 Å². The van der Waals surface area contributed by atoms with Gasteiger partial charge in [0.05, 0.1) is 13.7 Å². The van der Waals surface area contributed by atoms with Crippen molar-refractivity contribution in [1.82, 2.24) is 0 Å². The Morgan fingerprint density at radius 1 is 1.09 bits per heavy atom. The number of ether oxygens (including phenoxy) is 2. The van der Waals surface area contributed by atoms with E-state index < -0.39 is 0 Å². The molecule has 2 rings (SSSR count). The minimum atomic E-state index is -0.173. The Morgan fingerprint density at radius 2 is 1.86 bits per heavy atom. The fourth-order valence-electron chi connectivity index (χ4n) is 2.23.